The molecular formula is C18H20ClN3O5. The first-order valence-corrected chi connectivity index (χ1v) is 9.19. The lowest BCUT2D eigenvalue weighted by Gasteiger charge is -2.27. The van der Waals surface area contributed by atoms with E-state index in [0.717, 1.165) is 19.3 Å². The highest BCUT2D eigenvalue weighted by atomic mass is 35.5. The Balaban J connectivity index is 1.68. The van der Waals surface area contributed by atoms with Crippen LogP contribution in [-0.4, -0.2) is 39.0 Å². The third-order valence-electron chi connectivity index (χ3n) is 4.45. The Bertz CT molecular complexity index is 821. The minimum absolute atomic E-state index is 0.124. The van der Waals surface area contributed by atoms with Gasteiger partial charge in [0.2, 0.25) is 5.88 Å². The molecule has 2 atom stereocenters. The summed E-state index contributed by atoms with van der Waals surface area (Å²) in [6.45, 7) is 3.79. The number of carbonyl (C=O) groups is 2. The molecule has 9 heteroatoms. The minimum Gasteiger partial charge on any atom is -0.473 e. The summed E-state index contributed by atoms with van der Waals surface area (Å²) in [6, 6.07) is 0. The van der Waals surface area contributed by atoms with Crippen molar-refractivity contribution in [3.05, 3.63) is 23.7 Å². The van der Waals surface area contributed by atoms with Crippen molar-refractivity contribution in [2.45, 2.75) is 45.6 Å². The van der Waals surface area contributed by atoms with Crippen LogP contribution in [0.1, 0.15) is 48.7 Å². The van der Waals surface area contributed by atoms with E-state index < -0.39 is 5.24 Å². The number of hydrogen-bond donors (Lipinski definition) is 0. The molecule has 0 amide bonds. The van der Waals surface area contributed by atoms with Gasteiger partial charge in [-0.2, -0.15) is 0 Å². The maximum absolute atomic E-state index is 11.9. The summed E-state index contributed by atoms with van der Waals surface area (Å²) in [5.74, 6) is 0.187. The second-order valence-electron chi connectivity index (χ2n) is 6.34. The van der Waals surface area contributed by atoms with E-state index in [0.29, 0.717) is 30.3 Å². The van der Waals surface area contributed by atoms with E-state index in [1.807, 2.05) is 0 Å². The van der Waals surface area contributed by atoms with Crippen molar-refractivity contribution < 1.29 is 23.6 Å². The molecule has 0 radical (unpaired) electrons. The Morgan fingerprint density at radius 3 is 2.78 bits per heavy atom. The van der Waals surface area contributed by atoms with E-state index in [1.165, 1.54) is 12.4 Å². The van der Waals surface area contributed by atoms with Crippen molar-refractivity contribution in [1.29, 1.82) is 0 Å². The Hall–Kier alpha value is -2.48. The fraction of sp³-hybridized carbons (Fsp3) is 0.500. The van der Waals surface area contributed by atoms with Crippen LogP contribution in [-0.2, 0) is 9.53 Å². The van der Waals surface area contributed by atoms with Crippen molar-refractivity contribution in [3.63, 3.8) is 0 Å². The molecule has 0 bridgehead atoms. The summed E-state index contributed by atoms with van der Waals surface area (Å²) in [5.41, 5.74) is 0.892. The second kappa shape index (κ2) is 8.47. The maximum Gasteiger partial charge on any atom is 0.309 e. The van der Waals surface area contributed by atoms with E-state index in [4.69, 9.17) is 25.6 Å². The molecule has 0 saturated heterocycles. The predicted molar refractivity (Wildman–Crippen MR) is 95.5 cm³/mol. The van der Waals surface area contributed by atoms with Gasteiger partial charge >= 0.3 is 5.97 Å². The van der Waals surface area contributed by atoms with Gasteiger partial charge in [-0.3, -0.25) is 9.59 Å². The molecule has 2 aromatic rings. The first-order valence-electron chi connectivity index (χ1n) is 8.81. The smallest absolute Gasteiger partial charge is 0.309 e. The number of halogens is 1. The van der Waals surface area contributed by atoms with Gasteiger partial charge in [0, 0.05) is 0 Å². The normalized spacial score (nSPS) is 19.5. The monoisotopic (exact) mass is 393 g/mol. The SMILES string of the molecule is CCOC(=O)[C@H]1CCCC(Oc2cnc(-c3onc(C)c3C(=O)Cl)cn2)C1. The lowest BCUT2D eigenvalue weighted by atomic mass is 9.87. The van der Waals surface area contributed by atoms with Crippen molar-refractivity contribution >= 4 is 22.8 Å². The van der Waals surface area contributed by atoms with Crippen LogP contribution in [0.15, 0.2) is 16.9 Å². The molecule has 1 aliphatic carbocycles. The molecule has 1 aliphatic rings. The van der Waals surface area contributed by atoms with Crippen LogP contribution in [0.5, 0.6) is 5.88 Å². The molecule has 8 nitrogen and oxygen atoms in total. The third-order valence-corrected chi connectivity index (χ3v) is 4.64. The molecule has 0 aromatic carbocycles. The number of esters is 1. The summed E-state index contributed by atoms with van der Waals surface area (Å²) < 4.78 is 16.1. The van der Waals surface area contributed by atoms with Crippen LogP contribution >= 0.6 is 11.6 Å². The highest BCUT2D eigenvalue weighted by Crippen LogP contribution is 2.29. The van der Waals surface area contributed by atoms with Crippen molar-refractivity contribution in [2.24, 2.45) is 5.92 Å². The molecule has 1 fully saturated rings. The highest BCUT2D eigenvalue weighted by molar-refractivity contribution is 6.68. The third kappa shape index (κ3) is 4.44. The van der Waals surface area contributed by atoms with E-state index in [-0.39, 0.29) is 29.3 Å². The van der Waals surface area contributed by atoms with E-state index >= 15 is 0 Å². The Kier molecular flexibility index (Phi) is 6.05. The van der Waals surface area contributed by atoms with Gasteiger partial charge in [-0.1, -0.05) is 5.16 Å². The molecule has 1 unspecified atom stereocenters. The number of ether oxygens (including phenoxy) is 2. The van der Waals surface area contributed by atoms with Gasteiger partial charge in [0.1, 0.15) is 17.4 Å². The minimum atomic E-state index is -0.668. The van der Waals surface area contributed by atoms with Crippen LogP contribution in [0.25, 0.3) is 11.5 Å². The van der Waals surface area contributed by atoms with Crippen LogP contribution in [0, 0.1) is 12.8 Å². The second-order valence-corrected chi connectivity index (χ2v) is 6.68. The lowest BCUT2D eigenvalue weighted by molar-refractivity contribution is -0.150. The van der Waals surface area contributed by atoms with Crippen LogP contribution in [0.2, 0.25) is 0 Å². The highest BCUT2D eigenvalue weighted by Gasteiger charge is 2.29. The zero-order chi connectivity index (χ0) is 19.4. The topological polar surface area (TPSA) is 104 Å². The van der Waals surface area contributed by atoms with E-state index in [9.17, 15) is 9.59 Å². The Morgan fingerprint density at radius 1 is 1.30 bits per heavy atom. The number of rotatable bonds is 6. The molecule has 27 heavy (non-hydrogen) atoms. The van der Waals surface area contributed by atoms with Crippen LogP contribution < -0.4 is 4.74 Å². The zero-order valence-electron chi connectivity index (χ0n) is 15.1. The van der Waals surface area contributed by atoms with Gasteiger partial charge in [0.05, 0.1) is 30.6 Å². The van der Waals surface area contributed by atoms with Crippen molar-refractivity contribution in [1.82, 2.24) is 15.1 Å². The zero-order valence-corrected chi connectivity index (χ0v) is 15.9. The fourth-order valence-electron chi connectivity index (χ4n) is 3.17. The van der Waals surface area contributed by atoms with Crippen molar-refractivity contribution in [3.8, 4) is 17.3 Å². The summed E-state index contributed by atoms with van der Waals surface area (Å²) >= 11 is 5.58. The Morgan fingerprint density at radius 2 is 2.11 bits per heavy atom. The molecular weight excluding hydrogens is 374 g/mol. The molecule has 3 rings (SSSR count). The van der Waals surface area contributed by atoms with E-state index in [1.54, 1.807) is 13.8 Å². The molecule has 144 valence electrons. The quantitative estimate of drug-likeness (QED) is 0.543. The summed E-state index contributed by atoms with van der Waals surface area (Å²) in [7, 11) is 0. The first-order chi connectivity index (χ1) is 13.0. The molecule has 0 N–H and O–H groups in total. The van der Waals surface area contributed by atoms with Gasteiger partial charge in [0.15, 0.2) is 5.76 Å². The first kappa shape index (κ1) is 19.3. The van der Waals surface area contributed by atoms with Gasteiger partial charge in [-0.25, -0.2) is 9.97 Å². The molecule has 1 saturated carbocycles. The lowest BCUT2D eigenvalue weighted by Crippen LogP contribution is -2.31. The number of hydrogen-bond acceptors (Lipinski definition) is 8. The number of aryl methyl sites for hydroxylation is 1. The fourth-order valence-corrected chi connectivity index (χ4v) is 3.39. The molecule has 2 aromatic heterocycles. The average Bonchev–Trinajstić information content (AvgIpc) is 3.04. The van der Waals surface area contributed by atoms with Gasteiger partial charge in [-0.05, 0) is 51.1 Å². The predicted octanol–water partition coefficient (Wildman–Crippen LogP) is 3.32. The standard InChI is InChI=1S/C18H20ClN3O5/c1-3-25-18(24)11-5-4-6-12(7-11)26-14-9-20-13(8-21-14)16-15(17(19)23)10(2)22-27-16/h8-9,11-12H,3-7H2,1-2H3/t11-,12?/m0/s1. The van der Waals surface area contributed by atoms with Crippen LogP contribution in [0.3, 0.4) is 0 Å². The summed E-state index contributed by atoms with van der Waals surface area (Å²) in [5, 5.41) is 3.08. The summed E-state index contributed by atoms with van der Waals surface area (Å²) in [4.78, 5) is 31.9. The van der Waals surface area contributed by atoms with Crippen LogP contribution in [0.4, 0.5) is 0 Å². The van der Waals surface area contributed by atoms with Gasteiger partial charge in [-0.15, -0.1) is 0 Å². The van der Waals surface area contributed by atoms with E-state index in [2.05, 4.69) is 15.1 Å². The van der Waals surface area contributed by atoms with Gasteiger partial charge < -0.3 is 14.0 Å². The average molecular weight is 394 g/mol. The largest absolute Gasteiger partial charge is 0.473 e. The summed E-state index contributed by atoms with van der Waals surface area (Å²) in [6.07, 6.45) is 5.89. The van der Waals surface area contributed by atoms with Gasteiger partial charge in [0.25, 0.3) is 5.24 Å². The number of carbonyl (C=O) groups excluding carboxylic acids is 2. The maximum atomic E-state index is 11.9. The number of aromatic nitrogens is 3. The van der Waals surface area contributed by atoms with Crippen molar-refractivity contribution in [2.75, 3.05) is 6.61 Å². The number of nitrogens with zero attached hydrogens (tertiary/aromatic N) is 3. The molecule has 2 heterocycles. The Labute approximate surface area is 161 Å². The molecule has 0 aliphatic heterocycles. The molecule has 0 spiro atoms.